The molecule has 0 spiro atoms. The highest BCUT2D eigenvalue weighted by Gasteiger charge is 2.25. The van der Waals surface area contributed by atoms with E-state index < -0.39 is 0 Å². The maximum Gasteiger partial charge on any atom is 0.0628 e. The number of rotatable bonds is 1. The predicted octanol–water partition coefficient (Wildman–Crippen LogP) is 1.48. The molecule has 36 valence electrons. The van der Waals surface area contributed by atoms with Crippen molar-refractivity contribution in [2.75, 3.05) is 0 Å². The van der Waals surface area contributed by atoms with Crippen LogP contribution in [0.5, 0.6) is 0 Å². The van der Waals surface area contributed by atoms with E-state index in [1.54, 1.807) is 0 Å². The molecule has 1 aliphatic carbocycles. The maximum atomic E-state index is 8.10. The molecule has 0 aliphatic heterocycles. The Balaban J connectivity index is 2.24. The van der Waals surface area contributed by atoms with E-state index in [9.17, 15) is 0 Å². The van der Waals surface area contributed by atoms with Crippen LogP contribution in [0.4, 0.5) is 0 Å². The van der Waals surface area contributed by atoms with Crippen molar-refractivity contribution < 1.29 is 0 Å². The van der Waals surface area contributed by atoms with Crippen LogP contribution in [0, 0.1) is 17.2 Å². The Hall–Kier alpha value is -0.770. The summed E-state index contributed by atoms with van der Waals surface area (Å²) in [4.78, 5) is 0. The monoisotopic (exact) mass is 93.1 g/mol. The van der Waals surface area contributed by atoms with Crippen molar-refractivity contribution in [1.29, 1.82) is 5.26 Å². The topological polar surface area (TPSA) is 23.8 Å². The second-order valence-electron chi connectivity index (χ2n) is 1.92. The van der Waals surface area contributed by atoms with E-state index in [0.29, 0.717) is 12.3 Å². The van der Waals surface area contributed by atoms with E-state index >= 15 is 0 Å². The van der Waals surface area contributed by atoms with Crippen LogP contribution < -0.4 is 0 Å². The Morgan fingerprint density at radius 2 is 2.57 bits per heavy atom. The first-order valence-electron chi connectivity index (χ1n) is 2.39. The summed E-state index contributed by atoms with van der Waals surface area (Å²) in [6.45, 7) is 3.72. The Morgan fingerprint density at radius 3 is 2.71 bits per heavy atom. The van der Waals surface area contributed by atoms with Crippen molar-refractivity contribution in [2.45, 2.75) is 12.8 Å². The lowest BCUT2D eigenvalue weighted by Crippen LogP contribution is -1.65. The van der Waals surface area contributed by atoms with Gasteiger partial charge in [-0.15, -0.1) is 0 Å². The fourth-order valence-corrected chi connectivity index (χ4v) is 0.584. The molecule has 0 heterocycles. The van der Waals surface area contributed by atoms with E-state index in [0.717, 1.165) is 6.42 Å². The van der Waals surface area contributed by atoms with Gasteiger partial charge in [-0.05, 0) is 12.3 Å². The maximum absolute atomic E-state index is 8.10. The van der Waals surface area contributed by atoms with E-state index in [4.69, 9.17) is 5.26 Å². The zero-order valence-electron chi connectivity index (χ0n) is 4.15. The molecule has 1 nitrogen and oxygen atoms in total. The molecule has 0 amide bonds. The molecule has 0 aromatic carbocycles. The summed E-state index contributed by atoms with van der Waals surface area (Å²) in [5.41, 5.74) is 1.25. The van der Waals surface area contributed by atoms with Crippen molar-refractivity contribution in [3.8, 4) is 6.07 Å². The van der Waals surface area contributed by atoms with Crippen LogP contribution in [0.2, 0.25) is 0 Å². The number of nitrogens with zero attached hydrogens (tertiary/aromatic N) is 1. The number of nitriles is 1. The Morgan fingerprint density at radius 1 is 2.00 bits per heavy atom. The van der Waals surface area contributed by atoms with Crippen LogP contribution in [-0.2, 0) is 0 Å². The number of hydrogen-bond acceptors (Lipinski definition) is 1. The van der Waals surface area contributed by atoms with Gasteiger partial charge in [-0.3, -0.25) is 0 Å². The lowest BCUT2D eigenvalue weighted by Gasteiger charge is -1.72. The Bertz CT molecular complexity index is 130. The normalized spacial score (nSPS) is 26.7. The third-order valence-corrected chi connectivity index (χ3v) is 1.26. The lowest BCUT2D eigenvalue weighted by atomic mass is 10.3. The third-order valence-electron chi connectivity index (χ3n) is 1.26. The van der Waals surface area contributed by atoms with Gasteiger partial charge in [-0.25, -0.2) is 0 Å². The highest BCUT2D eigenvalue weighted by Crippen LogP contribution is 2.37. The molecule has 0 bridgehead atoms. The molecular formula is C6H7N. The molecule has 0 aromatic heterocycles. The van der Waals surface area contributed by atoms with E-state index in [-0.39, 0.29) is 0 Å². The molecule has 1 atom stereocenters. The molecule has 0 radical (unpaired) electrons. The summed E-state index contributed by atoms with van der Waals surface area (Å²) in [7, 11) is 0. The number of allylic oxidation sites excluding steroid dienone is 1. The van der Waals surface area contributed by atoms with Gasteiger partial charge >= 0.3 is 0 Å². The molecule has 0 N–H and O–H groups in total. The van der Waals surface area contributed by atoms with Crippen LogP contribution >= 0.6 is 0 Å². The summed E-state index contributed by atoms with van der Waals surface area (Å²) in [6, 6.07) is 2.10. The molecule has 1 rings (SSSR count). The molecule has 7 heavy (non-hydrogen) atoms. The fraction of sp³-hybridized carbons (Fsp3) is 0.500. The zero-order valence-corrected chi connectivity index (χ0v) is 4.15. The fourth-order valence-electron chi connectivity index (χ4n) is 0.584. The highest BCUT2D eigenvalue weighted by atomic mass is 14.3. The van der Waals surface area contributed by atoms with Crippen molar-refractivity contribution in [3.05, 3.63) is 12.2 Å². The average molecular weight is 93.1 g/mol. The molecule has 1 saturated carbocycles. The molecule has 1 heteroatoms. The minimum atomic E-state index is 0.560. The SMILES string of the molecule is C=C1CC1CC#N. The summed E-state index contributed by atoms with van der Waals surface area (Å²) in [6.07, 6.45) is 1.77. The molecule has 1 aliphatic rings. The highest BCUT2D eigenvalue weighted by molar-refractivity contribution is 5.20. The van der Waals surface area contributed by atoms with E-state index in [2.05, 4.69) is 12.6 Å². The van der Waals surface area contributed by atoms with Crippen LogP contribution in [0.3, 0.4) is 0 Å². The first kappa shape index (κ1) is 4.39. The minimum Gasteiger partial charge on any atom is -0.198 e. The van der Waals surface area contributed by atoms with Gasteiger partial charge in [0.1, 0.15) is 0 Å². The van der Waals surface area contributed by atoms with Crippen LogP contribution in [0.15, 0.2) is 12.2 Å². The Kier molecular flexibility index (Phi) is 0.867. The predicted molar refractivity (Wildman–Crippen MR) is 27.5 cm³/mol. The second kappa shape index (κ2) is 1.38. The summed E-state index contributed by atoms with van der Waals surface area (Å²) >= 11 is 0. The molecular weight excluding hydrogens is 86.1 g/mol. The molecule has 1 unspecified atom stereocenters. The van der Waals surface area contributed by atoms with Gasteiger partial charge in [0.2, 0.25) is 0 Å². The largest absolute Gasteiger partial charge is 0.198 e. The van der Waals surface area contributed by atoms with Gasteiger partial charge in [0.05, 0.1) is 6.07 Å². The molecule has 0 saturated heterocycles. The first-order valence-corrected chi connectivity index (χ1v) is 2.39. The van der Waals surface area contributed by atoms with E-state index in [1.807, 2.05) is 0 Å². The molecule has 1 fully saturated rings. The van der Waals surface area contributed by atoms with Crippen molar-refractivity contribution in [3.63, 3.8) is 0 Å². The quantitative estimate of drug-likeness (QED) is 0.450. The van der Waals surface area contributed by atoms with Crippen LogP contribution in [0.25, 0.3) is 0 Å². The van der Waals surface area contributed by atoms with Crippen LogP contribution in [-0.4, -0.2) is 0 Å². The molecule has 0 aromatic rings. The van der Waals surface area contributed by atoms with Gasteiger partial charge in [-0.2, -0.15) is 5.26 Å². The minimum absolute atomic E-state index is 0.560. The van der Waals surface area contributed by atoms with Gasteiger partial charge in [0, 0.05) is 6.42 Å². The lowest BCUT2D eigenvalue weighted by molar-refractivity contribution is 0.905. The van der Waals surface area contributed by atoms with Crippen LogP contribution in [0.1, 0.15) is 12.8 Å². The summed E-state index contributed by atoms with van der Waals surface area (Å²) in [5.74, 6) is 0.560. The van der Waals surface area contributed by atoms with Crippen molar-refractivity contribution in [1.82, 2.24) is 0 Å². The average Bonchev–Trinajstić information content (AvgIpc) is 2.22. The van der Waals surface area contributed by atoms with E-state index in [1.165, 1.54) is 5.57 Å². The first-order chi connectivity index (χ1) is 3.34. The number of hydrogen-bond donors (Lipinski definition) is 0. The zero-order chi connectivity index (χ0) is 5.28. The summed E-state index contributed by atoms with van der Waals surface area (Å²) in [5, 5.41) is 8.10. The van der Waals surface area contributed by atoms with Gasteiger partial charge in [-0.1, -0.05) is 12.2 Å². The smallest absolute Gasteiger partial charge is 0.0628 e. The van der Waals surface area contributed by atoms with Gasteiger partial charge in [0.15, 0.2) is 0 Å². The Labute approximate surface area is 43.3 Å². The van der Waals surface area contributed by atoms with Gasteiger partial charge in [0.25, 0.3) is 0 Å². The second-order valence-corrected chi connectivity index (χ2v) is 1.92. The van der Waals surface area contributed by atoms with Crippen molar-refractivity contribution in [2.24, 2.45) is 5.92 Å². The summed E-state index contributed by atoms with van der Waals surface area (Å²) < 4.78 is 0. The standard InChI is InChI=1S/C6H7N/c1-5-4-6(5)2-3-7/h6H,1-2,4H2. The van der Waals surface area contributed by atoms with Crippen molar-refractivity contribution >= 4 is 0 Å². The van der Waals surface area contributed by atoms with Gasteiger partial charge < -0.3 is 0 Å². The third kappa shape index (κ3) is 0.806.